The number of carbonyl (C=O) groups excluding carboxylic acids is 1. The summed E-state index contributed by atoms with van der Waals surface area (Å²) in [4.78, 5) is 13.3. The predicted octanol–water partition coefficient (Wildman–Crippen LogP) is 1.49. The molecular weight excluding hydrogens is 266 g/mol. The Balaban J connectivity index is 2.08. The van der Waals surface area contributed by atoms with E-state index in [1.54, 1.807) is 0 Å². The van der Waals surface area contributed by atoms with Gasteiger partial charge in [-0.15, -0.1) is 0 Å². The minimum atomic E-state index is -0.364. The average molecular weight is 280 g/mol. The van der Waals surface area contributed by atoms with Crippen LogP contribution in [-0.2, 0) is 9.53 Å². The molecule has 0 unspecified atom stereocenters. The highest BCUT2D eigenvalue weighted by Crippen LogP contribution is 2.08. The van der Waals surface area contributed by atoms with E-state index in [1.807, 2.05) is 11.8 Å². The van der Waals surface area contributed by atoms with Crippen LogP contribution in [0.15, 0.2) is 11.1 Å². The molecular formula is C9H14BrNO2S. The Morgan fingerprint density at radius 1 is 1.50 bits per heavy atom. The molecule has 0 amide bonds. The quantitative estimate of drug-likeness (QED) is 0.576. The van der Waals surface area contributed by atoms with Crippen LogP contribution in [0.1, 0.15) is 0 Å². The molecule has 0 spiro atoms. The largest absolute Gasteiger partial charge is 0.460 e. The first-order valence-corrected chi connectivity index (χ1v) is 6.46. The maximum Gasteiger partial charge on any atom is 0.344 e. The first-order chi connectivity index (χ1) is 6.70. The van der Waals surface area contributed by atoms with Gasteiger partial charge in [0.1, 0.15) is 6.61 Å². The molecule has 0 saturated carbocycles. The molecule has 1 aliphatic heterocycles. The minimum absolute atomic E-state index is 0.284. The van der Waals surface area contributed by atoms with E-state index in [2.05, 4.69) is 27.4 Å². The van der Waals surface area contributed by atoms with Crippen LogP contribution >= 0.6 is 27.7 Å². The van der Waals surface area contributed by atoms with Gasteiger partial charge in [0, 0.05) is 31.1 Å². The third-order valence-corrected chi connectivity index (χ3v) is 3.23. The minimum Gasteiger partial charge on any atom is -0.460 e. The number of thioether (sulfide) groups is 1. The lowest BCUT2D eigenvalue weighted by atomic mass is 10.5. The van der Waals surface area contributed by atoms with Gasteiger partial charge < -0.3 is 4.74 Å². The fourth-order valence-electron chi connectivity index (χ4n) is 1.17. The highest BCUT2D eigenvalue weighted by molar-refractivity contribution is 9.12. The van der Waals surface area contributed by atoms with E-state index in [1.165, 1.54) is 11.5 Å². The number of halogens is 1. The molecule has 80 valence electrons. The van der Waals surface area contributed by atoms with Gasteiger partial charge in [-0.05, 0) is 15.9 Å². The number of carbonyl (C=O) groups is 1. The average Bonchev–Trinajstić information content (AvgIpc) is 2.19. The Bertz CT molecular complexity index is 217. The highest BCUT2D eigenvalue weighted by Gasteiger charge is 2.11. The summed E-state index contributed by atoms with van der Waals surface area (Å²) < 4.78 is 5.26. The SMILES string of the molecule is C=C(Br)C(=O)OCCN1CCSCC1. The molecule has 14 heavy (non-hydrogen) atoms. The van der Waals surface area contributed by atoms with Gasteiger partial charge in [0.05, 0.1) is 4.48 Å². The van der Waals surface area contributed by atoms with Crippen LogP contribution in [0, 0.1) is 0 Å². The summed E-state index contributed by atoms with van der Waals surface area (Å²) >= 11 is 4.95. The number of esters is 1. The van der Waals surface area contributed by atoms with Crippen LogP contribution in [0.25, 0.3) is 0 Å². The van der Waals surface area contributed by atoms with Crippen LogP contribution in [0.4, 0.5) is 0 Å². The Hall–Kier alpha value is -0.0000000000000000555. The lowest BCUT2D eigenvalue weighted by Gasteiger charge is -2.25. The van der Waals surface area contributed by atoms with Gasteiger partial charge >= 0.3 is 5.97 Å². The van der Waals surface area contributed by atoms with Crippen molar-refractivity contribution in [3.63, 3.8) is 0 Å². The topological polar surface area (TPSA) is 29.5 Å². The van der Waals surface area contributed by atoms with E-state index in [0.29, 0.717) is 6.61 Å². The summed E-state index contributed by atoms with van der Waals surface area (Å²) in [6.45, 7) is 6.91. The lowest BCUT2D eigenvalue weighted by Crippen LogP contribution is -2.35. The molecule has 3 nitrogen and oxygen atoms in total. The van der Waals surface area contributed by atoms with Crippen molar-refractivity contribution < 1.29 is 9.53 Å². The second-order valence-corrected chi connectivity index (χ2v) is 5.18. The molecule has 0 bridgehead atoms. The Kier molecular flexibility index (Phi) is 5.59. The molecule has 5 heteroatoms. The Morgan fingerprint density at radius 3 is 2.71 bits per heavy atom. The van der Waals surface area contributed by atoms with Crippen molar-refractivity contribution in [2.45, 2.75) is 0 Å². The van der Waals surface area contributed by atoms with E-state index in [-0.39, 0.29) is 10.5 Å². The molecule has 0 radical (unpaired) electrons. The molecule has 1 saturated heterocycles. The van der Waals surface area contributed by atoms with E-state index in [0.717, 1.165) is 19.6 Å². The molecule has 1 heterocycles. The van der Waals surface area contributed by atoms with Crippen LogP contribution in [0.3, 0.4) is 0 Å². The second-order valence-electron chi connectivity index (χ2n) is 2.99. The third kappa shape index (κ3) is 4.48. The van der Waals surface area contributed by atoms with Crippen LogP contribution in [-0.4, -0.2) is 48.6 Å². The normalized spacial score (nSPS) is 17.8. The fraction of sp³-hybridized carbons (Fsp3) is 0.667. The molecule has 0 N–H and O–H groups in total. The summed E-state index contributed by atoms with van der Waals surface area (Å²) in [7, 11) is 0. The van der Waals surface area contributed by atoms with Gasteiger partial charge in [-0.25, -0.2) is 4.79 Å². The van der Waals surface area contributed by atoms with Gasteiger partial charge in [0.2, 0.25) is 0 Å². The molecule has 0 aliphatic carbocycles. The number of hydrogen-bond acceptors (Lipinski definition) is 4. The van der Waals surface area contributed by atoms with Gasteiger partial charge in [0.25, 0.3) is 0 Å². The number of ether oxygens (including phenoxy) is 1. The zero-order chi connectivity index (χ0) is 10.4. The molecule has 0 aromatic heterocycles. The van der Waals surface area contributed by atoms with Crippen molar-refractivity contribution in [2.24, 2.45) is 0 Å². The third-order valence-electron chi connectivity index (χ3n) is 1.97. The smallest absolute Gasteiger partial charge is 0.344 e. The molecule has 0 aromatic carbocycles. The van der Waals surface area contributed by atoms with Gasteiger partial charge in [0.15, 0.2) is 0 Å². The summed E-state index contributed by atoms with van der Waals surface area (Å²) in [5.41, 5.74) is 0. The monoisotopic (exact) mass is 279 g/mol. The summed E-state index contributed by atoms with van der Waals surface area (Å²) in [6, 6.07) is 0. The number of hydrogen-bond donors (Lipinski definition) is 0. The summed E-state index contributed by atoms with van der Waals surface area (Å²) in [5.74, 6) is 1.99. The van der Waals surface area contributed by atoms with Crippen molar-refractivity contribution in [2.75, 3.05) is 37.7 Å². The van der Waals surface area contributed by atoms with Crippen molar-refractivity contribution in [3.05, 3.63) is 11.1 Å². The summed E-state index contributed by atoms with van der Waals surface area (Å²) in [6.07, 6.45) is 0. The van der Waals surface area contributed by atoms with E-state index < -0.39 is 0 Å². The van der Waals surface area contributed by atoms with Crippen LogP contribution < -0.4 is 0 Å². The second kappa shape index (κ2) is 6.48. The van der Waals surface area contributed by atoms with Crippen molar-refractivity contribution in [1.82, 2.24) is 4.90 Å². The van der Waals surface area contributed by atoms with Gasteiger partial charge in [-0.1, -0.05) is 6.58 Å². The van der Waals surface area contributed by atoms with Crippen molar-refractivity contribution in [1.29, 1.82) is 0 Å². The molecule has 1 aliphatic rings. The van der Waals surface area contributed by atoms with E-state index in [4.69, 9.17) is 4.74 Å². The van der Waals surface area contributed by atoms with Crippen molar-refractivity contribution in [3.8, 4) is 0 Å². The molecule has 0 aromatic rings. The first-order valence-electron chi connectivity index (χ1n) is 4.52. The summed E-state index contributed by atoms with van der Waals surface area (Å²) in [5, 5.41) is 0. The molecule has 0 atom stereocenters. The maximum atomic E-state index is 11.0. The maximum absolute atomic E-state index is 11.0. The Morgan fingerprint density at radius 2 is 2.14 bits per heavy atom. The Labute approximate surface area is 97.0 Å². The lowest BCUT2D eigenvalue weighted by molar-refractivity contribution is -0.138. The number of rotatable bonds is 4. The van der Waals surface area contributed by atoms with Gasteiger partial charge in [-0.3, -0.25) is 4.90 Å². The number of nitrogens with zero attached hydrogens (tertiary/aromatic N) is 1. The van der Waals surface area contributed by atoms with Gasteiger partial charge in [-0.2, -0.15) is 11.8 Å². The van der Waals surface area contributed by atoms with Crippen LogP contribution in [0.2, 0.25) is 0 Å². The van der Waals surface area contributed by atoms with Crippen LogP contribution in [0.5, 0.6) is 0 Å². The predicted molar refractivity (Wildman–Crippen MR) is 62.8 cm³/mol. The molecule has 1 rings (SSSR count). The first kappa shape index (κ1) is 12.1. The van der Waals surface area contributed by atoms with E-state index in [9.17, 15) is 4.79 Å². The zero-order valence-corrected chi connectivity index (χ0v) is 10.4. The molecule has 1 fully saturated rings. The fourth-order valence-corrected chi connectivity index (χ4v) is 2.26. The highest BCUT2D eigenvalue weighted by atomic mass is 79.9. The van der Waals surface area contributed by atoms with Crippen molar-refractivity contribution >= 4 is 33.7 Å². The zero-order valence-electron chi connectivity index (χ0n) is 8.00. The van der Waals surface area contributed by atoms with E-state index >= 15 is 0 Å². The standard InChI is InChI=1S/C9H14BrNO2S/c1-8(10)9(12)13-5-2-11-3-6-14-7-4-11/h1-7H2.